The predicted octanol–water partition coefficient (Wildman–Crippen LogP) is -8.22. The molecule has 1 amide bonds. The van der Waals surface area contributed by atoms with E-state index in [0.29, 0.717) is 0 Å². The van der Waals surface area contributed by atoms with Crippen LogP contribution in [-0.4, -0.2) is 191 Å². The maximum absolute atomic E-state index is 12.3. The molecule has 20 heteroatoms. The first kappa shape index (κ1) is 35.8. The minimum atomic E-state index is -2.83. The Bertz CT molecular complexity index is 942. The third-order valence-corrected chi connectivity index (χ3v) is 7.47. The lowest BCUT2D eigenvalue weighted by molar-refractivity contribution is -0.364. The van der Waals surface area contributed by atoms with E-state index >= 15 is 0 Å². The molecule has 0 saturated carbocycles. The summed E-state index contributed by atoms with van der Waals surface area (Å²) in [6.07, 6.45) is -27.0. The predicted molar refractivity (Wildman–Crippen MR) is 130 cm³/mol. The fourth-order valence-electron chi connectivity index (χ4n) is 5.05. The first-order valence-electron chi connectivity index (χ1n) is 13.2. The SMILES string of the molecule is CC(=O)N[C@H]1C([C@H](O)[C@H](O)CO)O[C@@](OCC2O[C@@H](O[C@@H]3C(CO)O[C@@H](O)C(O)[C@H]3O)C(O)[C@@H](O)[C@H]2O)(C(=O)O)C[C@H]1O. The Morgan fingerprint density at radius 3 is 2.14 bits per heavy atom. The van der Waals surface area contributed by atoms with Gasteiger partial charge in [-0.05, 0) is 0 Å². The number of carbonyl (C=O) groups is 2. The molecule has 0 aromatic heterocycles. The van der Waals surface area contributed by atoms with Crippen molar-refractivity contribution in [1.82, 2.24) is 5.32 Å². The van der Waals surface area contributed by atoms with Crippen LogP contribution in [0.4, 0.5) is 0 Å². The van der Waals surface area contributed by atoms with Gasteiger partial charge in [-0.25, -0.2) is 4.79 Å². The fraction of sp³-hybridized carbons (Fsp3) is 0.913. The Kier molecular flexibility index (Phi) is 12.1. The molecule has 0 aromatic carbocycles. The number of hydrogen-bond acceptors (Lipinski definition) is 18. The van der Waals surface area contributed by atoms with Gasteiger partial charge >= 0.3 is 5.97 Å². The highest BCUT2D eigenvalue weighted by atomic mass is 16.8. The van der Waals surface area contributed by atoms with Gasteiger partial charge in [0.2, 0.25) is 5.91 Å². The molecule has 3 fully saturated rings. The van der Waals surface area contributed by atoms with Gasteiger partial charge in [-0.1, -0.05) is 0 Å². The molecule has 3 saturated heterocycles. The average molecular weight is 634 g/mol. The Morgan fingerprint density at radius 2 is 1.58 bits per heavy atom. The monoisotopic (exact) mass is 633 g/mol. The highest BCUT2D eigenvalue weighted by Gasteiger charge is 2.57. The minimum Gasteiger partial charge on any atom is -0.477 e. The summed E-state index contributed by atoms with van der Waals surface area (Å²) in [4.78, 5) is 24.0. The maximum atomic E-state index is 12.3. The lowest BCUT2D eigenvalue weighted by Crippen LogP contribution is -2.68. The molecule has 0 spiro atoms. The molecule has 13 N–H and O–H groups in total. The van der Waals surface area contributed by atoms with E-state index in [2.05, 4.69) is 5.32 Å². The molecule has 43 heavy (non-hydrogen) atoms. The lowest BCUT2D eigenvalue weighted by Gasteiger charge is -2.48. The zero-order valence-corrected chi connectivity index (χ0v) is 22.7. The molecule has 250 valence electrons. The Balaban J connectivity index is 1.82. The molecule has 16 atom stereocenters. The fourth-order valence-corrected chi connectivity index (χ4v) is 5.05. The van der Waals surface area contributed by atoms with Crippen molar-refractivity contribution >= 4 is 11.9 Å². The highest BCUT2D eigenvalue weighted by molar-refractivity contribution is 5.76. The quantitative estimate of drug-likeness (QED) is 0.100. The van der Waals surface area contributed by atoms with Crippen LogP contribution in [0.25, 0.3) is 0 Å². The normalized spacial score (nSPS) is 45.3. The summed E-state index contributed by atoms with van der Waals surface area (Å²) in [7, 11) is 0. The third kappa shape index (κ3) is 7.58. The van der Waals surface area contributed by atoms with E-state index in [-0.39, 0.29) is 0 Å². The Morgan fingerprint density at radius 1 is 0.930 bits per heavy atom. The van der Waals surface area contributed by atoms with Crippen molar-refractivity contribution in [3.05, 3.63) is 0 Å². The van der Waals surface area contributed by atoms with E-state index in [1.807, 2.05) is 0 Å². The number of carboxylic acids is 1. The second kappa shape index (κ2) is 14.6. The number of aliphatic hydroxyl groups excluding tert-OH is 11. The number of carbonyl (C=O) groups excluding carboxylic acids is 1. The van der Waals surface area contributed by atoms with Gasteiger partial charge in [-0.15, -0.1) is 0 Å². The molecule has 3 aliphatic heterocycles. The summed E-state index contributed by atoms with van der Waals surface area (Å²) >= 11 is 0. The molecular weight excluding hydrogens is 594 g/mol. The zero-order chi connectivity index (χ0) is 32.4. The smallest absolute Gasteiger partial charge is 0.364 e. The molecule has 0 aromatic rings. The van der Waals surface area contributed by atoms with Crippen LogP contribution in [0.1, 0.15) is 13.3 Å². The van der Waals surface area contributed by atoms with Crippen LogP contribution >= 0.6 is 0 Å². The van der Waals surface area contributed by atoms with Gasteiger partial charge in [-0.3, -0.25) is 4.79 Å². The number of aliphatic hydroxyl groups is 11. The van der Waals surface area contributed by atoms with Crippen LogP contribution in [0.3, 0.4) is 0 Å². The number of aliphatic carboxylic acids is 1. The Labute approximate surface area is 243 Å². The van der Waals surface area contributed by atoms with Crippen molar-refractivity contribution in [3.63, 3.8) is 0 Å². The number of amides is 1. The lowest BCUT2D eigenvalue weighted by atomic mass is 9.88. The minimum absolute atomic E-state index is 0.719. The Hall–Kier alpha value is -1.70. The number of hydrogen-bond donors (Lipinski definition) is 13. The molecule has 0 radical (unpaired) electrons. The molecule has 3 aliphatic rings. The van der Waals surface area contributed by atoms with E-state index in [1.54, 1.807) is 0 Å². The van der Waals surface area contributed by atoms with E-state index < -0.39 is 136 Å². The van der Waals surface area contributed by atoms with Crippen molar-refractivity contribution in [2.75, 3.05) is 19.8 Å². The average Bonchev–Trinajstić information content (AvgIpc) is 2.96. The summed E-state index contributed by atoms with van der Waals surface area (Å²) in [6, 6.07) is -1.48. The van der Waals surface area contributed by atoms with Gasteiger partial charge in [0.15, 0.2) is 12.6 Å². The molecule has 5 unspecified atom stereocenters. The van der Waals surface area contributed by atoms with E-state index in [9.17, 15) is 70.9 Å². The summed E-state index contributed by atoms with van der Waals surface area (Å²) < 4.78 is 26.7. The number of ether oxygens (including phenoxy) is 5. The molecule has 3 heterocycles. The number of carboxylic acid groups (broad SMARTS) is 1. The van der Waals surface area contributed by atoms with Gasteiger partial charge in [0.05, 0.1) is 32.0 Å². The summed E-state index contributed by atoms with van der Waals surface area (Å²) in [5.74, 6) is -5.42. The van der Waals surface area contributed by atoms with Crippen LogP contribution in [-0.2, 0) is 33.3 Å². The third-order valence-electron chi connectivity index (χ3n) is 7.47. The van der Waals surface area contributed by atoms with Gasteiger partial charge in [0.1, 0.15) is 67.1 Å². The standard InChI is InChI=1S/C23H39NO19/c1-6(27)24-11-7(28)2-23(22(37)38,43-19(11)12(30)8(29)3-25)39-5-10-13(31)14(32)17(35)21(41-10)42-18-9(4-26)40-20(36)16(34)15(18)33/h7-21,25-26,28-36H,2-5H2,1H3,(H,24,27)(H,37,38)/t7-,8-,9?,10?,11-,12-,13+,14+,15-,16?,17?,18-,19?,20-,21+,23-/m1/s1. The van der Waals surface area contributed by atoms with Gasteiger partial charge in [0.25, 0.3) is 5.79 Å². The first-order valence-corrected chi connectivity index (χ1v) is 13.2. The van der Waals surface area contributed by atoms with Crippen LogP contribution in [0, 0.1) is 0 Å². The molecule has 0 bridgehead atoms. The largest absolute Gasteiger partial charge is 0.477 e. The summed E-state index contributed by atoms with van der Waals surface area (Å²) in [5.41, 5.74) is 0. The first-order chi connectivity index (χ1) is 20.1. The van der Waals surface area contributed by atoms with Gasteiger partial charge in [0, 0.05) is 13.3 Å². The second-order valence-corrected chi connectivity index (χ2v) is 10.5. The van der Waals surface area contributed by atoms with Crippen molar-refractivity contribution in [1.29, 1.82) is 0 Å². The summed E-state index contributed by atoms with van der Waals surface area (Å²) in [5, 5.41) is 123. The van der Waals surface area contributed by atoms with Crippen LogP contribution in [0.5, 0.6) is 0 Å². The van der Waals surface area contributed by atoms with Crippen LogP contribution < -0.4 is 5.32 Å². The maximum Gasteiger partial charge on any atom is 0.364 e. The molecule has 3 rings (SSSR count). The summed E-state index contributed by atoms with van der Waals surface area (Å²) in [6.45, 7) is -1.76. The second-order valence-electron chi connectivity index (χ2n) is 10.5. The van der Waals surface area contributed by atoms with E-state index in [0.717, 1.165) is 6.92 Å². The molecular formula is C23H39NO19. The highest BCUT2D eigenvalue weighted by Crippen LogP contribution is 2.35. The van der Waals surface area contributed by atoms with Crippen molar-refractivity contribution in [2.45, 2.75) is 111 Å². The molecule has 20 nitrogen and oxygen atoms in total. The van der Waals surface area contributed by atoms with Gasteiger partial charge in [-0.2, -0.15) is 0 Å². The van der Waals surface area contributed by atoms with E-state index in [4.69, 9.17) is 23.7 Å². The number of nitrogens with one attached hydrogen (secondary N) is 1. The van der Waals surface area contributed by atoms with Crippen molar-refractivity contribution in [2.24, 2.45) is 0 Å². The van der Waals surface area contributed by atoms with Gasteiger partial charge < -0.3 is 90.3 Å². The van der Waals surface area contributed by atoms with Crippen molar-refractivity contribution in [3.8, 4) is 0 Å². The van der Waals surface area contributed by atoms with E-state index in [1.165, 1.54) is 0 Å². The molecule has 0 aliphatic carbocycles. The number of rotatable bonds is 11. The topological polar surface area (TPSA) is 335 Å². The van der Waals surface area contributed by atoms with Crippen molar-refractivity contribution < 1.29 is 94.6 Å². The zero-order valence-electron chi connectivity index (χ0n) is 22.7. The van der Waals surface area contributed by atoms with Crippen LogP contribution in [0.2, 0.25) is 0 Å². The van der Waals surface area contributed by atoms with Crippen LogP contribution in [0.15, 0.2) is 0 Å².